The topological polar surface area (TPSA) is 56.1 Å². The quantitative estimate of drug-likeness (QED) is 0.917. The highest BCUT2D eigenvalue weighted by molar-refractivity contribution is 7.13. The molecule has 19 heavy (non-hydrogen) atoms. The Morgan fingerprint density at radius 2 is 2.26 bits per heavy atom. The fraction of sp³-hybridized carbons (Fsp3) is 0.571. The molecule has 1 saturated heterocycles. The Bertz CT molecular complexity index is 469. The van der Waals surface area contributed by atoms with E-state index in [2.05, 4.69) is 16.3 Å². The van der Waals surface area contributed by atoms with Gasteiger partial charge in [0, 0.05) is 37.0 Å². The van der Waals surface area contributed by atoms with E-state index in [1.165, 1.54) is 11.3 Å². The molecule has 0 radical (unpaired) electrons. The summed E-state index contributed by atoms with van der Waals surface area (Å²) in [5, 5.41) is 11.7. The van der Waals surface area contributed by atoms with Crippen molar-refractivity contribution >= 4 is 17.2 Å². The monoisotopic (exact) mass is 277 g/mol. The number of piperidine rings is 1. The molecule has 0 aromatic carbocycles. The van der Waals surface area contributed by atoms with E-state index in [1.807, 2.05) is 19.1 Å². The Morgan fingerprint density at radius 1 is 1.53 bits per heavy atom. The van der Waals surface area contributed by atoms with Gasteiger partial charge in [-0.3, -0.25) is 4.79 Å². The third-order valence-corrected chi connectivity index (χ3v) is 4.43. The number of hydrogen-bond acceptors (Lipinski definition) is 4. The van der Waals surface area contributed by atoms with Gasteiger partial charge in [-0.15, -0.1) is 11.3 Å². The SMILES string of the molecule is Cc1ccc(C(=O)NC2CCN(CCC#N)CC2)s1. The summed E-state index contributed by atoms with van der Waals surface area (Å²) in [7, 11) is 0. The van der Waals surface area contributed by atoms with Crippen molar-refractivity contribution in [3.63, 3.8) is 0 Å². The third kappa shape index (κ3) is 4.05. The van der Waals surface area contributed by atoms with Gasteiger partial charge in [0.05, 0.1) is 10.9 Å². The van der Waals surface area contributed by atoms with Crippen molar-refractivity contribution in [2.24, 2.45) is 0 Å². The smallest absolute Gasteiger partial charge is 0.261 e. The lowest BCUT2D eigenvalue weighted by molar-refractivity contribution is 0.0916. The molecule has 4 nitrogen and oxygen atoms in total. The van der Waals surface area contributed by atoms with Crippen molar-refractivity contribution in [2.45, 2.75) is 32.2 Å². The number of nitrogens with one attached hydrogen (secondary N) is 1. The molecule has 0 aliphatic carbocycles. The minimum Gasteiger partial charge on any atom is -0.349 e. The van der Waals surface area contributed by atoms with Gasteiger partial charge in [0.1, 0.15) is 0 Å². The van der Waals surface area contributed by atoms with Gasteiger partial charge in [0.2, 0.25) is 0 Å². The third-order valence-electron chi connectivity index (χ3n) is 3.43. The summed E-state index contributed by atoms with van der Waals surface area (Å²) in [6.45, 7) is 4.79. The molecular weight excluding hydrogens is 258 g/mol. The number of aryl methyl sites for hydroxylation is 1. The van der Waals surface area contributed by atoms with Gasteiger partial charge in [-0.05, 0) is 31.9 Å². The largest absolute Gasteiger partial charge is 0.349 e. The van der Waals surface area contributed by atoms with E-state index in [-0.39, 0.29) is 11.9 Å². The maximum absolute atomic E-state index is 12.0. The first-order valence-electron chi connectivity index (χ1n) is 6.65. The number of carbonyl (C=O) groups excluding carboxylic acids is 1. The zero-order valence-electron chi connectivity index (χ0n) is 11.2. The minimum absolute atomic E-state index is 0.0496. The van der Waals surface area contributed by atoms with Crippen LogP contribution in [0.3, 0.4) is 0 Å². The maximum atomic E-state index is 12.0. The van der Waals surface area contributed by atoms with Crippen molar-refractivity contribution in [3.8, 4) is 6.07 Å². The Balaban J connectivity index is 1.76. The number of thiophene rings is 1. The molecule has 1 amide bonds. The molecule has 1 aromatic rings. The molecule has 0 saturated carbocycles. The number of rotatable bonds is 4. The van der Waals surface area contributed by atoms with Gasteiger partial charge in [-0.2, -0.15) is 5.26 Å². The van der Waals surface area contributed by atoms with Gasteiger partial charge < -0.3 is 10.2 Å². The van der Waals surface area contributed by atoms with Crippen LogP contribution in [0.25, 0.3) is 0 Å². The normalized spacial score (nSPS) is 17.1. The second-order valence-electron chi connectivity index (χ2n) is 4.91. The molecule has 2 rings (SSSR count). The molecule has 1 aliphatic heterocycles. The molecule has 1 N–H and O–H groups in total. The summed E-state index contributed by atoms with van der Waals surface area (Å²) < 4.78 is 0. The Labute approximate surface area is 118 Å². The van der Waals surface area contributed by atoms with Crippen LogP contribution in [0.15, 0.2) is 12.1 Å². The molecule has 0 unspecified atom stereocenters. The van der Waals surface area contributed by atoms with Crippen LogP contribution in [0.4, 0.5) is 0 Å². The molecule has 1 aromatic heterocycles. The summed E-state index contributed by atoms with van der Waals surface area (Å²) in [6.07, 6.45) is 2.54. The molecule has 5 heteroatoms. The van der Waals surface area contributed by atoms with E-state index < -0.39 is 0 Å². The number of hydrogen-bond donors (Lipinski definition) is 1. The highest BCUT2D eigenvalue weighted by atomic mass is 32.1. The van der Waals surface area contributed by atoms with Crippen LogP contribution in [0.5, 0.6) is 0 Å². The average molecular weight is 277 g/mol. The fourth-order valence-corrected chi connectivity index (χ4v) is 3.09. The minimum atomic E-state index is 0.0496. The summed E-state index contributed by atoms with van der Waals surface area (Å²) in [5.74, 6) is 0.0496. The predicted molar refractivity (Wildman–Crippen MR) is 76.2 cm³/mol. The molecule has 1 fully saturated rings. The van der Waals surface area contributed by atoms with Crippen LogP contribution >= 0.6 is 11.3 Å². The second kappa shape index (κ2) is 6.69. The van der Waals surface area contributed by atoms with E-state index in [1.54, 1.807) is 0 Å². The number of likely N-dealkylation sites (tertiary alicyclic amines) is 1. The Hall–Kier alpha value is -1.38. The molecule has 1 aliphatic rings. The highest BCUT2D eigenvalue weighted by Crippen LogP contribution is 2.16. The molecule has 0 atom stereocenters. The van der Waals surface area contributed by atoms with Gasteiger partial charge in [0.15, 0.2) is 0 Å². The van der Waals surface area contributed by atoms with Crippen LogP contribution in [0.1, 0.15) is 33.8 Å². The lowest BCUT2D eigenvalue weighted by Gasteiger charge is -2.31. The fourth-order valence-electron chi connectivity index (χ4n) is 2.32. The highest BCUT2D eigenvalue weighted by Gasteiger charge is 2.21. The summed E-state index contributed by atoms with van der Waals surface area (Å²) >= 11 is 1.54. The van der Waals surface area contributed by atoms with Crippen LogP contribution in [0.2, 0.25) is 0 Å². The van der Waals surface area contributed by atoms with Gasteiger partial charge >= 0.3 is 0 Å². The van der Waals surface area contributed by atoms with E-state index in [4.69, 9.17) is 5.26 Å². The first kappa shape index (κ1) is 14.0. The summed E-state index contributed by atoms with van der Waals surface area (Å²) in [4.78, 5) is 16.3. The van der Waals surface area contributed by atoms with Gasteiger partial charge in [0.25, 0.3) is 5.91 Å². The maximum Gasteiger partial charge on any atom is 0.261 e. The van der Waals surface area contributed by atoms with E-state index in [0.29, 0.717) is 6.42 Å². The van der Waals surface area contributed by atoms with Crippen molar-refractivity contribution < 1.29 is 4.79 Å². The van der Waals surface area contributed by atoms with E-state index >= 15 is 0 Å². The van der Waals surface area contributed by atoms with Gasteiger partial charge in [-0.25, -0.2) is 0 Å². The first-order chi connectivity index (χ1) is 9.19. The Kier molecular flexibility index (Phi) is 4.94. The lowest BCUT2D eigenvalue weighted by atomic mass is 10.0. The van der Waals surface area contributed by atoms with Crippen molar-refractivity contribution in [1.82, 2.24) is 10.2 Å². The number of nitriles is 1. The van der Waals surface area contributed by atoms with Crippen molar-refractivity contribution in [3.05, 3.63) is 21.9 Å². The van der Waals surface area contributed by atoms with Crippen LogP contribution in [0, 0.1) is 18.3 Å². The van der Waals surface area contributed by atoms with Crippen molar-refractivity contribution in [1.29, 1.82) is 5.26 Å². The number of amides is 1. The zero-order chi connectivity index (χ0) is 13.7. The van der Waals surface area contributed by atoms with Gasteiger partial charge in [-0.1, -0.05) is 0 Å². The summed E-state index contributed by atoms with van der Waals surface area (Å²) in [5.41, 5.74) is 0. The predicted octanol–water partition coefficient (Wildman–Crippen LogP) is 2.16. The second-order valence-corrected chi connectivity index (χ2v) is 6.20. The van der Waals surface area contributed by atoms with Crippen LogP contribution in [-0.4, -0.2) is 36.5 Å². The molecular formula is C14H19N3OS. The zero-order valence-corrected chi connectivity index (χ0v) is 12.0. The van der Waals surface area contributed by atoms with E-state index in [9.17, 15) is 4.79 Å². The van der Waals surface area contributed by atoms with Crippen LogP contribution < -0.4 is 5.32 Å². The standard InChI is InChI=1S/C14H19N3OS/c1-11-3-4-13(19-11)14(18)16-12-5-9-17(10-6-12)8-2-7-15/h3-4,12H,2,5-6,8-10H2,1H3,(H,16,18). The molecule has 0 bridgehead atoms. The number of nitrogens with zero attached hydrogens (tertiary/aromatic N) is 2. The number of carbonyl (C=O) groups is 1. The average Bonchev–Trinajstić information content (AvgIpc) is 2.85. The van der Waals surface area contributed by atoms with Crippen molar-refractivity contribution in [2.75, 3.05) is 19.6 Å². The first-order valence-corrected chi connectivity index (χ1v) is 7.47. The Morgan fingerprint density at radius 3 is 2.84 bits per heavy atom. The summed E-state index contributed by atoms with van der Waals surface area (Å²) in [6, 6.07) is 6.31. The molecule has 0 spiro atoms. The molecule has 102 valence electrons. The molecule has 2 heterocycles. The van der Waals surface area contributed by atoms with Crippen LogP contribution in [-0.2, 0) is 0 Å². The lowest BCUT2D eigenvalue weighted by Crippen LogP contribution is -2.44. The van der Waals surface area contributed by atoms with E-state index in [0.717, 1.165) is 42.2 Å².